The lowest BCUT2D eigenvalue weighted by atomic mass is 10.1. The molecule has 0 aliphatic heterocycles. The van der Waals surface area contributed by atoms with E-state index in [0.29, 0.717) is 23.6 Å². The maximum atomic E-state index is 12.0. The lowest BCUT2D eigenvalue weighted by molar-refractivity contribution is -0.119. The third kappa shape index (κ3) is 4.59. The summed E-state index contributed by atoms with van der Waals surface area (Å²) < 4.78 is 10.5. The van der Waals surface area contributed by atoms with Crippen LogP contribution in [0.2, 0.25) is 0 Å². The number of aryl methyl sites for hydroxylation is 2. The van der Waals surface area contributed by atoms with E-state index < -0.39 is 11.9 Å². The minimum Gasteiger partial charge on any atom is -0.492 e. The van der Waals surface area contributed by atoms with Crippen LogP contribution in [0.1, 0.15) is 28.4 Å². The Morgan fingerprint density at radius 1 is 1.04 bits per heavy atom. The summed E-state index contributed by atoms with van der Waals surface area (Å²) in [7, 11) is 0. The van der Waals surface area contributed by atoms with Crippen molar-refractivity contribution < 1.29 is 19.1 Å². The highest BCUT2D eigenvalue weighted by Crippen LogP contribution is 2.23. The van der Waals surface area contributed by atoms with E-state index in [1.54, 1.807) is 30.3 Å². The standard InChI is InChI=1S/C19H21NO4/c1-4-23-17-8-6-5-7-16(17)20-18(21)12-24-19(22)15-10-9-13(2)14(3)11-15/h5-11H,4,12H2,1-3H3,(H,20,21). The van der Waals surface area contributed by atoms with Gasteiger partial charge in [0.15, 0.2) is 6.61 Å². The van der Waals surface area contributed by atoms with E-state index >= 15 is 0 Å². The molecule has 0 bridgehead atoms. The predicted molar refractivity (Wildman–Crippen MR) is 92.4 cm³/mol. The Morgan fingerprint density at radius 3 is 2.50 bits per heavy atom. The van der Waals surface area contributed by atoms with Crippen LogP contribution < -0.4 is 10.1 Å². The van der Waals surface area contributed by atoms with Gasteiger partial charge in [0.1, 0.15) is 5.75 Å². The Morgan fingerprint density at radius 2 is 1.79 bits per heavy atom. The molecule has 5 nitrogen and oxygen atoms in total. The van der Waals surface area contributed by atoms with Crippen molar-refractivity contribution >= 4 is 17.6 Å². The molecule has 24 heavy (non-hydrogen) atoms. The van der Waals surface area contributed by atoms with Gasteiger partial charge in [-0.1, -0.05) is 18.2 Å². The zero-order chi connectivity index (χ0) is 17.5. The number of carbonyl (C=O) groups excluding carboxylic acids is 2. The summed E-state index contributed by atoms with van der Waals surface area (Å²) in [5, 5.41) is 2.68. The number of benzene rings is 2. The zero-order valence-electron chi connectivity index (χ0n) is 14.1. The van der Waals surface area contributed by atoms with Gasteiger partial charge in [-0.05, 0) is 56.2 Å². The second kappa shape index (κ2) is 8.15. The first kappa shape index (κ1) is 17.5. The van der Waals surface area contributed by atoms with Gasteiger partial charge < -0.3 is 14.8 Å². The van der Waals surface area contributed by atoms with Crippen molar-refractivity contribution in [3.63, 3.8) is 0 Å². The lowest BCUT2D eigenvalue weighted by Crippen LogP contribution is -2.21. The number of anilines is 1. The van der Waals surface area contributed by atoms with Crippen LogP contribution in [0.3, 0.4) is 0 Å². The fraction of sp³-hybridized carbons (Fsp3) is 0.263. The summed E-state index contributed by atoms with van der Waals surface area (Å²) in [4.78, 5) is 24.0. The van der Waals surface area contributed by atoms with Crippen molar-refractivity contribution in [3.8, 4) is 5.75 Å². The molecule has 1 amide bonds. The molecule has 2 aromatic rings. The molecule has 0 aliphatic carbocycles. The highest BCUT2D eigenvalue weighted by atomic mass is 16.5. The Kier molecular flexibility index (Phi) is 5.95. The van der Waals surface area contributed by atoms with Crippen LogP contribution in [0.25, 0.3) is 0 Å². The molecule has 126 valence electrons. The molecule has 2 rings (SSSR count). The Labute approximate surface area is 141 Å². The molecule has 0 radical (unpaired) electrons. The first-order valence-corrected chi connectivity index (χ1v) is 7.77. The summed E-state index contributed by atoms with van der Waals surface area (Å²) in [6, 6.07) is 12.4. The molecule has 0 spiro atoms. The Bertz CT molecular complexity index is 740. The molecule has 0 fully saturated rings. The van der Waals surface area contributed by atoms with Crippen LogP contribution in [-0.2, 0) is 9.53 Å². The fourth-order valence-corrected chi connectivity index (χ4v) is 2.12. The zero-order valence-corrected chi connectivity index (χ0v) is 14.1. The van der Waals surface area contributed by atoms with Crippen LogP contribution in [-0.4, -0.2) is 25.1 Å². The first-order valence-electron chi connectivity index (χ1n) is 7.77. The molecular formula is C19H21NO4. The SMILES string of the molecule is CCOc1ccccc1NC(=O)COC(=O)c1ccc(C)c(C)c1. The minimum atomic E-state index is -0.522. The van der Waals surface area contributed by atoms with E-state index in [9.17, 15) is 9.59 Å². The maximum absolute atomic E-state index is 12.0. The van der Waals surface area contributed by atoms with Gasteiger partial charge in [-0.2, -0.15) is 0 Å². The Hall–Kier alpha value is -2.82. The van der Waals surface area contributed by atoms with Crippen molar-refractivity contribution in [2.75, 3.05) is 18.5 Å². The number of para-hydroxylation sites is 2. The number of carbonyl (C=O) groups is 2. The van der Waals surface area contributed by atoms with Crippen LogP contribution in [0.5, 0.6) is 5.75 Å². The van der Waals surface area contributed by atoms with Gasteiger partial charge in [0.05, 0.1) is 17.9 Å². The molecule has 0 aliphatic rings. The Balaban J connectivity index is 1.93. The summed E-state index contributed by atoms with van der Waals surface area (Å²) in [6.07, 6.45) is 0. The molecule has 5 heteroatoms. The molecule has 0 saturated heterocycles. The third-order valence-electron chi connectivity index (χ3n) is 3.54. The van der Waals surface area contributed by atoms with E-state index in [-0.39, 0.29) is 6.61 Å². The number of nitrogens with one attached hydrogen (secondary N) is 1. The fourth-order valence-electron chi connectivity index (χ4n) is 2.12. The second-order valence-corrected chi connectivity index (χ2v) is 5.35. The number of rotatable bonds is 6. The van der Waals surface area contributed by atoms with Crippen LogP contribution >= 0.6 is 0 Å². The molecule has 0 saturated carbocycles. The molecule has 0 aromatic heterocycles. The molecule has 2 aromatic carbocycles. The van der Waals surface area contributed by atoms with Crippen molar-refractivity contribution in [2.24, 2.45) is 0 Å². The largest absolute Gasteiger partial charge is 0.492 e. The lowest BCUT2D eigenvalue weighted by Gasteiger charge is -2.11. The van der Waals surface area contributed by atoms with Crippen molar-refractivity contribution in [2.45, 2.75) is 20.8 Å². The van der Waals surface area contributed by atoms with Crippen LogP contribution in [0.15, 0.2) is 42.5 Å². The average Bonchev–Trinajstić information content (AvgIpc) is 2.57. The quantitative estimate of drug-likeness (QED) is 0.825. The van der Waals surface area contributed by atoms with Crippen molar-refractivity contribution in [1.82, 2.24) is 0 Å². The topological polar surface area (TPSA) is 64.6 Å². The molecule has 0 atom stereocenters. The van der Waals surface area contributed by atoms with Gasteiger partial charge in [-0.25, -0.2) is 4.79 Å². The average molecular weight is 327 g/mol. The number of hydrogen-bond acceptors (Lipinski definition) is 4. The maximum Gasteiger partial charge on any atom is 0.338 e. The summed E-state index contributed by atoms with van der Waals surface area (Å²) in [5.74, 6) is -0.362. The van der Waals surface area contributed by atoms with Crippen molar-refractivity contribution in [1.29, 1.82) is 0 Å². The van der Waals surface area contributed by atoms with Gasteiger partial charge in [-0.3, -0.25) is 4.79 Å². The monoisotopic (exact) mass is 327 g/mol. The first-order chi connectivity index (χ1) is 11.5. The molecular weight excluding hydrogens is 306 g/mol. The van der Waals surface area contributed by atoms with Crippen LogP contribution in [0, 0.1) is 13.8 Å². The predicted octanol–water partition coefficient (Wildman–Crippen LogP) is 3.50. The molecule has 1 N–H and O–H groups in total. The van der Waals surface area contributed by atoms with E-state index in [1.807, 2.05) is 32.9 Å². The molecule has 0 unspecified atom stereocenters. The summed E-state index contributed by atoms with van der Waals surface area (Å²) >= 11 is 0. The van der Waals surface area contributed by atoms with E-state index in [0.717, 1.165) is 11.1 Å². The van der Waals surface area contributed by atoms with Gasteiger partial charge >= 0.3 is 5.97 Å². The number of esters is 1. The smallest absolute Gasteiger partial charge is 0.338 e. The van der Waals surface area contributed by atoms with Gasteiger partial charge in [0, 0.05) is 0 Å². The van der Waals surface area contributed by atoms with Crippen molar-refractivity contribution in [3.05, 3.63) is 59.2 Å². The normalized spacial score (nSPS) is 10.1. The van der Waals surface area contributed by atoms with Crippen LogP contribution in [0.4, 0.5) is 5.69 Å². The van der Waals surface area contributed by atoms with Gasteiger partial charge in [0.2, 0.25) is 0 Å². The number of hydrogen-bond donors (Lipinski definition) is 1. The third-order valence-corrected chi connectivity index (χ3v) is 3.54. The number of amides is 1. The van der Waals surface area contributed by atoms with E-state index in [4.69, 9.17) is 9.47 Å². The van der Waals surface area contributed by atoms with Gasteiger partial charge in [-0.15, -0.1) is 0 Å². The minimum absolute atomic E-state index is 0.355. The van der Waals surface area contributed by atoms with E-state index in [2.05, 4.69) is 5.32 Å². The molecule has 0 heterocycles. The summed E-state index contributed by atoms with van der Waals surface area (Å²) in [5.41, 5.74) is 3.07. The highest BCUT2D eigenvalue weighted by Gasteiger charge is 2.12. The highest BCUT2D eigenvalue weighted by molar-refractivity contribution is 5.96. The second-order valence-electron chi connectivity index (χ2n) is 5.35. The number of ether oxygens (including phenoxy) is 2. The summed E-state index contributed by atoms with van der Waals surface area (Å²) in [6.45, 7) is 5.89. The van der Waals surface area contributed by atoms with Gasteiger partial charge in [0.25, 0.3) is 5.91 Å². The van der Waals surface area contributed by atoms with E-state index in [1.165, 1.54) is 0 Å².